The van der Waals surface area contributed by atoms with Gasteiger partial charge in [-0.1, -0.05) is 24.3 Å². The molecule has 1 unspecified atom stereocenters. The number of carbonyl (C=O) groups is 2. The van der Waals surface area contributed by atoms with E-state index in [2.05, 4.69) is 10.6 Å². The summed E-state index contributed by atoms with van der Waals surface area (Å²) >= 11 is 0. The highest BCUT2D eigenvalue weighted by molar-refractivity contribution is 5.82. The van der Waals surface area contributed by atoms with Crippen LogP contribution in [-0.4, -0.2) is 42.9 Å². The molecule has 0 heterocycles. The number of urea groups is 1. The summed E-state index contributed by atoms with van der Waals surface area (Å²) in [6.07, 6.45) is 1.54. The van der Waals surface area contributed by atoms with Crippen molar-refractivity contribution in [2.45, 2.75) is 24.9 Å². The third kappa shape index (κ3) is 3.48. The van der Waals surface area contributed by atoms with Gasteiger partial charge in [0.2, 0.25) is 0 Å². The Morgan fingerprint density at radius 1 is 1.35 bits per heavy atom. The van der Waals surface area contributed by atoms with Crippen molar-refractivity contribution in [3.63, 3.8) is 0 Å². The van der Waals surface area contributed by atoms with E-state index >= 15 is 0 Å². The number of methoxy groups -OCH3 is 1. The maximum Gasteiger partial charge on any atom is 0.328 e. The largest absolute Gasteiger partial charge is 0.480 e. The van der Waals surface area contributed by atoms with Crippen LogP contribution >= 0.6 is 0 Å². The second-order valence-corrected chi connectivity index (χ2v) is 4.84. The molecule has 3 N–H and O–H groups in total. The third-order valence-electron chi connectivity index (χ3n) is 3.32. The molecule has 0 radical (unpaired) electrons. The molecule has 1 aliphatic rings. The summed E-state index contributed by atoms with van der Waals surface area (Å²) in [6, 6.07) is 6.51. The number of hydrogen-bond acceptors (Lipinski definition) is 3. The van der Waals surface area contributed by atoms with E-state index in [0.717, 1.165) is 12.8 Å². The molecule has 6 nitrogen and oxygen atoms in total. The molecule has 2 amide bonds. The van der Waals surface area contributed by atoms with Crippen molar-refractivity contribution < 1.29 is 19.4 Å². The topological polar surface area (TPSA) is 87.7 Å². The van der Waals surface area contributed by atoms with Crippen LogP contribution in [-0.2, 0) is 22.4 Å². The Kier molecular flexibility index (Phi) is 4.57. The smallest absolute Gasteiger partial charge is 0.328 e. The van der Waals surface area contributed by atoms with Crippen LogP contribution in [0.3, 0.4) is 0 Å². The Hall–Kier alpha value is -2.08. The number of aliphatic carboxylic acids is 1. The molecule has 0 spiro atoms. The number of amides is 2. The number of benzene rings is 1. The lowest BCUT2D eigenvalue weighted by atomic mass is 10.1. The van der Waals surface area contributed by atoms with Gasteiger partial charge in [0.25, 0.3) is 0 Å². The van der Waals surface area contributed by atoms with E-state index in [1.54, 1.807) is 0 Å². The number of nitrogens with one attached hydrogen (secondary N) is 2. The maximum atomic E-state index is 11.8. The van der Waals surface area contributed by atoms with Gasteiger partial charge in [-0.3, -0.25) is 0 Å². The minimum Gasteiger partial charge on any atom is -0.480 e. The van der Waals surface area contributed by atoms with Gasteiger partial charge in [0.05, 0.1) is 6.61 Å². The van der Waals surface area contributed by atoms with Gasteiger partial charge in [-0.05, 0) is 24.0 Å². The van der Waals surface area contributed by atoms with Crippen LogP contribution in [0.15, 0.2) is 24.3 Å². The molecule has 0 saturated heterocycles. The summed E-state index contributed by atoms with van der Waals surface area (Å²) in [5.74, 6) is -1.11. The first-order valence-corrected chi connectivity index (χ1v) is 6.45. The molecule has 1 aliphatic carbocycles. The first-order valence-electron chi connectivity index (χ1n) is 6.45. The SMILES string of the molecule is COCC(NC(=O)NC1Cc2ccccc2C1)C(=O)O. The van der Waals surface area contributed by atoms with Gasteiger partial charge < -0.3 is 20.5 Å². The zero-order valence-corrected chi connectivity index (χ0v) is 11.3. The Bertz CT molecular complexity index is 479. The van der Waals surface area contributed by atoms with Gasteiger partial charge in [-0.2, -0.15) is 0 Å². The summed E-state index contributed by atoms with van der Waals surface area (Å²) in [5.41, 5.74) is 2.45. The molecule has 0 aliphatic heterocycles. The van der Waals surface area contributed by atoms with Crippen molar-refractivity contribution in [3.05, 3.63) is 35.4 Å². The van der Waals surface area contributed by atoms with Crippen LogP contribution in [0.1, 0.15) is 11.1 Å². The highest BCUT2D eigenvalue weighted by Crippen LogP contribution is 2.21. The van der Waals surface area contributed by atoms with Crippen LogP contribution < -0.4 is 10.6 Å². The number of carboxylic acid groups (broad SMARTS) is 1. The molecule has 0 aromatic heterocycles. The maximum absolute atomic E-state index is 11.8. The first kappa shape index (κ1) is 14.3. The molecule has 20 heavy (non-hydrogen) atoms. The second kappa shape index (κ2) is 6.38. The minimum atomic E-state index is -1.11. The molecule has 1 aromatic carbocycles. The predicted octanol–water partition coefficient (Wildman–Crippen LogP) is 0.553. The summed E-state index contributed by atoms with van der Waals surface area (Å²) in [7, 11) is 1.39. The minimum absolute atomic E-state index is 0.00406. The highest BCUT2D eigenvalue weighted by Gasteiger charge is 2.25. The van der Waals surface area contributed by atoms with E-state index in [-0.39, 0.29) is 12.6 Å². The number of fused-ring (bicyclic) bond motifs is 1. The number of hydrogen-bond donors (Lipinski definition) is 3. The van der Waals surface area contributed by atoms with Gasteiger partial charge in [0, 0.05) is 13.2 Å². The van der Waals surface area contributed by atoms with Gasteiger partial charge in [0.1, 0.15) is 0 Å². The standard InChI is InChI=1S/C14H18N2O4/c1-20-8-12(13(17)18)16-14(19)15-11-6-9-4-2-3-5-10(9)7-11/h2-5,11-12H,6-8H2,1H3,(H,17,18)(H2,15,16,19). The monoisotopic (exact) mass is 278 g/mol. The Labute approximate surface area is 117 Å². The van der Waals surface area contributed by atoms with Crippen molar-refractivity contribution in [1.29, 1.82) is 0 Å². The molecular formula is C14H18N2O4. The summed E-state index contributed by atoms with van der Waals surface area (Å²) < 4.78 is 4.76. The van der Waals surface area contributed by atoms with Crippen LogP contribution in [0.4, 0.5) is 4.79 Å². The third-order valence-corrected chi connectivity index (χ3v) is 3.32. The fourth-order valence-corrected chi connectivity index (χ4v) is 2.39. The van der Waals surface area contributed by atoms with Crippen molar-refractivity contribution in [1.82, 2.24) is 10.6 Å². The lowest BCUT2D eigenvalue weighted by Gasteiger charge is -2.17. The molecule has 108 valence electrons. The molecule has 1 atom stereocenters. The second-order valence-electron chi connectivity index (χ2n) is 4.84. The molecule has 2 rings (SSSR count). The Morgan fingerprint density at radius 2 is 1.95 bits per heavy atom. The van der Waals surface area contributed by atoms with Crippen LogP contribution in [0, 0.1) is 0 Å². The summed E-state index contributed by atoms with van der Waals surface area (Å²) in [5, 5.41) is 14.1. The molecular weight excluding hydrogens is 260 g/mol. The Balaban J connectivity index is 1.86. The number of ether oxygens (including phenoxy) is 1. The van der Waals surface area contributed by atoms with E-state index in [4.69, 9.17) is 9.84 Å². The van der Waals surface area contributed by atoms with Gasteiger partial charge in [-0.15, -0.1) is 0 Å². The van der Waals surface area contributed by atoms with Crippen LogP contribution in [0.25, 0.3) is 0 Å². The zero-order chi connectivity index (χ0) is 14.5. The number of carboxylic acids is 1. The van der Waals surface area contributed by atoms with Gasteiger partial charge in [-0.25, -0.2) is 9.59 Å². The molecule has 0 fully saturated rings. The molecule has 6 heteroatoms. The van der Waals surface area contributed by atoms with E-state index in [9.17, 15) is 9.59 Å². The van der Waals surface area contributed by atoms with E-state index in [1.807, 2.05) is 24.3 Å². The lowest BCUT2D eigenvalue weighted by Crippen LogP contribution is -2.50. The summed E-state index contributed by atoms with van der Waals surface area (Å²) in [4.78, 5) is 22.7. The quantitative estimate of drug-likeness (QED) is 0.734. The number of rotatable bonds is 5. The summed E-state index contributed by atoms with van der Waals surface area (Å²) in [6.45, 7) is -0.0619. The fraction of sp³-hybridized carbons (Fsp3) is 0.429. The normalized spacial score (nSPS) is 15.4. The highest BCUT2D eigenvalue weighted by atomic mass is 16.5. The first-order chi connectivity index (χ1) is 9.60. The van der Waals surface area contributed by atoms with E-state index in [1.165, 1.54) is 18.2 Å². The van der Waals surface area contributed by atoms with Gasteiger partial charge in [0.15, 0.2) is 6.04 Å². The molecule has 0 bridgehead atoms. The van der Waals surface area contributed by atoms with E-state index in [0.29, 0.717) is 0 Å². The average molecular weight is 278 g/mol. The van der Waals surface area contributed by atoms with Crippen LogP contribution in [0.2, 0.25) is 0 Å². The average Bonchev–Trinajstić information content (AvgIpc) is 2.79. The molecule has 0 saturated carbocycles. The predicted molar refractivity (Wildman–Crippen MR) is 72.6 cm³/mol. The van der Waals surface area contributed by atoms with Crippen molar-refractivity contribution in [3.8, 4) is 0 Å². The number of carbonyl (C=O) groups excluding carboxylic acids is 1. The lowest BCUT2D eigenvalue weighted by molar-refractivity contribution is -0.140. The van der Waals surface area contributed by atoms with Crippen molar-refractivity contribution in [2.24, 2.45) is 0 Å². The molecule has 1 aromatic rings. The van der Waals surface area contributed by atoms with E-state index < -0.39 is 18.0 Å². The Morgan fingerprint density at radius 3 is 2.45 bits per heavy atom. The fourth-order valence-electron chi connectivity index (χ4n) is 2.39. The zero-order valence-electron chi connectivity index (χ0n) is 11.3. The van der Waals surface area contributed by atoms with Crippen molar-refractivity contribution in [2.75, 3.05) is 13.7 Å². The van der Waals surface area contributed by atoms with Crippen LogP contribution in [0.5, 0.6) is 0 Å². The van der Waals surface area contributed by atoms with Gasteiger partial charge >= 0.3 is 12.0 Å². The van der Waals surface area contributed by atoms with Crippen molar-refractivity contribution >= 4 is 12.0 Å².